The van der Waals surface area contributed by atoms with Crippen LogP contribution in [0, 0.1) is 0 Å². The Morgan fingerprint density at radius 2 is 1.65 bits per heavy atom. The van der Waals surface area contributed by atoms with Crippen LogP contribution in [0.1, 0.15) is 24.8 Å². The average molecular weight is 373 g/mol. The van der Waals surface area contributed by atoms with Crippen molar-refractivity contribution in [3.05, 3.63) is 48.0 Å². The zero-order valence-electron chi connectivity index (χ0n) is 14.7. The van der Waals surface area contributed by atoms with Gasteiger partial charge in [-0.1, -0.05) is 30.3 Å². The highest BCUT2D eigenvalue weighted by atomic mass is 32.2. The van der Waals surface area contributed by atoms with E-state index >= 15 is 0 Å². The molecular weight excluding hydrogens is 350 g/mol. The van der Waals surface area contributed by atoms with Crippen molar-refractivity contribution in [2.45, 2.75) is 30.8 Å². The van der Waals surface area contributed by atoms with Crippen molar-refractivity contribution in [2.75, 3.05) is 31.1 Å². The van der Waals surface area contributed by atoms with Gasteiger partial charge in [0.15, 0.2) is 0 Å². The SMILES string of the molecule is O=S(=O)(c1ccc(N2CCCC2)nc1OCc1ccccc1)N1CCC1. The number of rotatable bonds is 6. The third-order valence-corrected chi connectivity index (χ3v) is 6.80. The van der Waals surface area contributed by atoms with Crippen LogP contribution in [0.15, 0.2) is 47.4 Å². The fraction of sp³-hybridized carbons (Fsp3) is 0.421. The van der Waals surface area contributed by atoms with Gasteiger partial charge in [0.25, 0.3) is 0 Å². The molecule has 7 heteroatoms. The van der Waals surface area contributed by atoms with Crippen molar-refractivity contribution in [1.82, 2.24) is 9.29 Å². The second-order valence-corrected chi connectivity index (χ2v) is 8.61. The second-order valence-electron chi connectivity index (χ2n) is 6.70. The van der Waals surface area contributed by atoms with Crippen molar-refractivity contribution in [3.63, 3.8) is 0 Å². The highest BCUT2D eigenvalue weighted by Gasteiger charge is 2.33. The van der Waals surface area contributed by atoms with Crippen LogP contribution in [0.4, 0.5) is 5.82 Å². The maximum absolute atomic E-state index is 12.9. The molecule has 2 aliphatic heterocycles. The normalized spacial score (nSPS) is 17.9. The molecule has 0 radical (unpaired) electrons. The molecule has 0 amide bonds. The number of nitrogens with zero attached hydrogens (tertiary/aromatic N) is 3. The van der Waals surface area contributed by atoms with Gasteiger partial charge in [0, 0.05) is 26.2 Å². The first-order chi connectivity index (χ1) is 12.6. The Balaban J connectivity index is 1.65. The Bertz CT molecular complexity index is 861. The van der Waals surface area contributed by atoms with E-state index in [4.69, 9.17) is 4.74 Å². The van der Waals surface area contributed by atoms with Crippen molar-refractivity contribution in [2.24, 2.45) is 0 Å². The fourth-order valence-corrected chi connectivity index (χ4v) is 4.81. The first-order valence-corrected chi connectivity index (χ1v) is 10.5. The molecule has 2 aliphatic rings. The summed E-state index contributed by atoms with van der Waals surface area (Å²) in [5, 5.41) is 0. The summed E-state index contributed by atoms with van der Waals surface area (Å²) in [6.45, 7) is 3.31. The lowest BCUT2D eigenvalue weighted by atomic mass is 10.2. The van der Waals surface area contributed by atoms with Crippen LogP contribution < -0.4 is 9.64 Å². The van der Waals surface area contributed by atoms with Crippen molar-refractivity contribution < 1.29 is 13.2 Å². The molecule has 138 valence electrons. The van der Waals surface area contributed by atoms with Gasteiger partial charge in [0.05, 0.1) is 0 Å². The third-order valence-electron chi connectivity index (χ3n) is 4.89. The molecule has 0 bridgehead atoms. The number of benzene rings is 1. The third kappa shape index (κ3) is 3.41. The van der Waals surface area contributed by atoms with Gasteiger partial charge in [0.2, 0.25) is 15.9 Å². The average Bonchev–Trinajstić information content (AvgIpc) is 3.13. The van der Waals surface area contributed by atoms with Crippen LogP contribution in [0.3, 0.4) is 0 Å². The number of pyridine rings is 1. The molecule has 0 aliphatic carbocycles. The van der Waals surface area contributed by atoms with Crippen molar-refractivity contribution >= 4 is 15.8 Å². The van der Waals surface area contributed by atoms with Crippen LogP contribution >= 0.6 is 0 Å². The number of hydrogen-bond acceptors (Lipinski definition) is 5. The Hall–Kier alpha value is -2.12. The van der Waals surface area contributed by atoms with Gasteiger partial charge in [0.1, 0.15) is 17.3 Å². The highest BCUT2D eigenvalue weighted by Crippen LogP contribution is 2.31. The molecule has 0 unspecified atom stereocenters. The Kier molecular flexibility index (Phi) is 4.82. The van der Waals surface area contributed by atoms with E-state index in [-0.39, 0.29) is 10.8 Å². The summed E-state index contributed by atoms with van der Waals surface area (Å²) >= 11 is 0. The summed E-state index contributed by atoms with van der Waals surface area (Å²) < 4.78 is 33.1. The Morgan fingerprint density at radius 3 is 2.31 bits per heavy atom. The molecule has 3 heterocycles. The zero-order chi connectivity index (χ0) is 18.0. The quantitative estimate of drug-likeness (QED) is 0.779. The van der Waals surface area contributed by atoms with E-state index in [0.717, 1.165) is 43.7 Å². The summed E-state index contributed by atoms with van der Waals surface area (Å²) in [7, 11) is -3.55. The number of sulfonamides is 1. The molecule has 6 nitrogen and oxygen atoms in total. The van der Waals surface area contributed by atoms with Gasteiger partial charge in [-0.2, -0.15) is 9.29 Å². The summed E-state index contributed by atoms with van der Waals surface area (Å²) in [6.07, 6.45) is 3.17. The van der Waals surface area contributed by atoms with E-state index in [1.807, 2.05) is 30.3 Å². The van der Waals surface area contributed by atoms with Crippen LogP contribution in [0.25, 0.3) is 0 Å². The van der Waals surface area contributed by atoms with E-state index < -0.39 is 10.0 Å². The van der Waals surface area contributed by atoms with Gasteiger partial charge in [-0.3, -0.25) is 0 Å². The van der Waals surface area contributed by atoms with Crippen LogP contribution in [0.2, 0.25) is 0 Å². The molecule has 1 aromatic carbocycles. The minimum Gasteiger partial charge on any atom is -0.472 e. The van der Waals surface area contributed by atoms with Crippen molar-refractivity contribution in [1.29, 1.82) is 0 Å². The van der Waals surface area contributed by atoms with Gasteiger partial charge in [-0.15, -0.1) is 0 Å². The highest BCUT2D eigenvalue weighted by molar-refractivity contribution is 7.89. The summed E-state index contributed by atoms with van der Waals surface area (Å²) in [4.78, 5) is 6.91. The molecule has 4 rings (SSSR count). The molecule has 2 aromatic rings. The standard InChI is InChI=1S/C19H23N3O3S/c23-26(24,22-13-6-14-22)17-9-10-18(21-11-4-5-12-21)20-19(17)25-15-16-7-2-1-3-8-16/h1-3,7-10H,4-6,11-15H2. The second kappa shape index (κ2) is 7.25. The molecule has 26 heavy (non-hydrogen) atoms. The molecule has 2 saturated heterocycles. The molecule has 1 aromatic heterocycles. The fourth-order valence-electron chi connectivity index (χ4n) is 3.23. The Morgan fingerprint density at radius 1 is 0.923 bits per heavy atom. The molecule has 0 spiro atoms. The predicted octanol–water partition coefficient (Wildman–Crippen LogP) is 2.66. The van der Waals surface area contributed by atoms with E-state index in [9.17, 15) is 8.42 Å². The summed E-state index contributed by atoms with van der Waals surface area (Å²) in [5.74, 6) is 0.985. The lowest BCUT2D eigenvalue weighted by Gasteiger charge is -2.30. The van der Waals surface area contributed by atoms with Gasteiger partial charge < -0.3 is 9.64 Å². The summed E-state index contributed by atoms with van der Waals surface area (Å²) in [5.41, 5.74) is 0.980. The van der Waals surface area contributed by atoms with Crippen LogP contribution in [-0.2, 0) is 16.6 Å². The van der Waals surface area contributed by atoms with E-state index in [1.54, 1.807) is 12.1 Å². The topological polar surface area (TPSA) is 62.7 Å². The molecule has 0 saturated carbocycles. The van der Waals surface area contributed by atoms with E-state index in [0.29, 0.717) is 19.7 Å². The molecule has 0 N–H and O–H groups in total. The maximum Gasteiger partial charge on any atom is 0.248 e. The first kappa shape index (κ1) is 17.3. The number of anilines is 1. The number of hydrogen-bond donors (Lipinski definition) is 0. The monoisotopic (exact) mass is 373 g/mol. The van der Waals surface area contributed by atoms with Gasteiger partial charge >= 0.3 is 0 Å². The molecular formula is C19H23N3O3S. The molecule has 0 atom stereocenters. The maximum atomic E-state index is 12.9. The number of aromatic nitrogens is 1. The zero-order valence-corrected chi connectivity index (χ0v) is 15.5. The Labute approximate surface area is 154 Å². The lowest BCUT2D eigenvalue weighted by molar-refractivity contribution is 0.278. The van der Waals surface area contributed by atoms with Crippen LogP contribution in [0.5, 0.6) is 5.88 Å². The summed E-state index contributed by atoms with van der Waals surface area (Å²) in [6, 6.07) is 13.2. The number of ether oxygens (including phenoxy) is 1. The first-order valence-electron chi connectivity index (χ1n) is 9.07. The van der Waals surface area contributed by atoms with Crippen LogP contribution in [-0.4, -0.2) is 43.9 Å². The largest absolute Gasteiger partial charge is 0.472 e. The van der Waals surface area contributed by atoms with E-state index in [1.165, 1.54) is 4.31 Å². The predicted molar refractivity (Wildman–Crippen MR) is 99.8 cm³/mol. The van der Waals surface area contributed by atoms with E-state index in [2.05, 4.69) is 9.88 Å². The lowest BCUT2D eigenvalue weighted by Crippen LogP contribution is -2.42. The molecule has 2 fully saturated rings. The van der Waals surface area contributed by atoms with Gasteiger partial charge in [-0.25, -0.2) is 8.42 Å². The minimum atomic E-state index is -3.55. The minimum absolute atomic E-state index is 0.163. The van der Waals surface area contributed by atoms with Crippen molar-refractivity contribution in [3.8, 4) is 5.88 Å². The van der Waals surface area contributed by atoms with Gasteiger partial charge in [-0.05, 0) is 37.0 Å². The smallest absolute Gasteiger partial charge is 0.248 e.